The molecule has 3 saturated heterocycles. The minimum absolute atomic E-state index is 0.0325. The SMILES string of the molecule is CC.CC.CC(C)NC(=O)C1CCCCN1C(=O)C1CC(N)CN1C(=O)CCOC(=O)C1CCCN1C=O.CNCC(N)=O.Cc1ccccc1.O=CNc1ccccc1. The van der Waals surface area contributed by atoms with Gasteiger partial charge in [0.2, 0.25) is 36.4 Å². The molecule has 60 heavy (non-hydrogen) atoms. The van der Waals surface area contributed by atoms with Crippen molar-refractivity contribution >= 4 is 48.1 Å². The first-order valence-corrected chi connectivity index (χ1v) is 21.1. The Labute approximate surface area is 357 Å². The fraction of sp³-hybridized carbons (Fsp3) is 0.568. The van der Waals surface area contributed by atoms with E-state index in [2.05, 4.69) is 35.0 Å². The van der Waals surface area contributed by atoms with Crippen molar-refractivity contribution in [3.63, 3.8) is 0 Å². The molecule has 0 bridgehead atoms. The van der Waals surface area contributed by atoms with Crippen LogP contribution in [0.3, 0.4) is 0 Å². The number of aryl methyl sites for hydroxylation is 1. The Balaban J connectivity index is 0.00000107. The van der Waals surface area contributed by atoms with Crippen LogP contribution in [0.2, 0.25) is 0 Å². The molecule has 16 nitrogen and oxygen atoms in total. The number of nitrogens with one attached hydrogen (secondary N) is 3. The number of benzene rings is 2. The molecule has 0 aliphatic carbocycles. The molecule has 3 heterocycles. The number of ether oxygens (including phenoxy) is 1. The molecule has 7 N–H and O–H groups in total. The lowest BCUT2D eigenvalue weighted by molar-refractivity contribution is -0.153. The van der Waals surface area contributed by atoms with Gasteiger partial charge in [-0.3, -0.25) is 28.8 Å². The second kappa shape index (κ2) is 32.5. The highest BCUT2D eigenvalue weighted by Crippen LogP contribution is 2.25. The van der Waals surface area contributed by atoms with Crippen LogP contribution in [-0.4, -0.2) is 127 Å². The van der Waals surface area contributed by atoms with E-state index in [1.165, 1.54) is 15.4 Å². The number of anilines is 1. The van der Waals surface area contributed by atoms with E-state index in [9.17, 15) is 33.6 Å². The summed E-state index contributed by atoms with van der Waals surface area (Å²) in [5.41, 5.74) is 13.0. The van der Waals surface area contributed by atoms with Gasteiger partial charge in [0.1, 0.15) is 24.7 Å². The Hall–Kier alpha value is -5.35. The molecule has 0 radical (unpaired) electrons. The first-order chi connectivity index (χ1) is 28.8. The highest BCUT2D eigenvalue weighted by molar-refractivity contribution is 5.93. The number of hydrogen-bond acceptors (Lipinski definition) is 10. The predicted molar refractivity (Wildman–Crippen MR) is 235 cm³/mol. The minimum Gasteiger partial charge on any atom is -0.464 e. The number of amides is 6. The van der Waals surface area contributed by atoms with Crippen molar-refractivity contribution in [3.8, 4) is 0 Å². The van der Waals surface area contributed by atoms with Crippen molar-refractivity contribution in [2.75, 3.05) is 45.2 Å². The van der Waals surface area contributed by atoms with Gasteiger partial charge in [0, 0.05) is 37.4 Å². The largest absolute Gasteiger partial charge is 0.464 e. The van der Waals surface area contributed by atoms with Crippen LogP contribution in [-0.2, 0) is 38.3 Å². The number of carbonyl (C=O) groups excluding carboxylic acids is 7. The van der Waals surface area contributed by atoms with Crippen LogP contribution in [0.25, 0.3) is 0 Å². The van der Waals surface area contributed by atoms with Crippen molar-refractivity contribution in [2.24, 2.45) is 11.5 Å². The van der Waals surface area contributed by atoms with E-state index in [1.807, 2.05) is 90.1 Å². The highest BCUT2D eigenvalue weighted by Gasteiger charge is 2.43. The normalized spacial score (nSPS) is 18.7. The third kappa shape index (κ3) is 21.1. The molecule has 3 aliphatic rings. The minimum atomic E-state index is -0.731. The zero-order valence-electron chi connectivity index (χ0n) is 37.1. The molecule has 0 aromatic heterocycles. The first kappa shape index (κ1) is 54.6. The summed E-state index contributed by atoms with van der Waals surface area (Å²) in [5, 5.41) is 8.01. The lowest BCUT2D eigenvalue weighted by atomic mass is 9.99. The highest BCUT2D eigenvalue weighted by atomic mass is 16.5. The van der Waals surface area contributed by atoms with E-state index >= 15 is 0 Å². The van der Waals surface area contributed by atoms with Crippen LogP contribution in [0, 0.1) is 6.92 Å². The molecule has 4 unspecified atom stereocenters. The number of likely N-dealkylation sites (N-methyl/N-ethyl adjacent to an activating group) is 1. The summed E-state index contributed by atoms with van der Waals surface area (Å²) in [5.74, 6) is -1.59. The first-order valence-electron chi connectivity index (χ1n) is 21.1. The molecule has 2 aromatic rings. The van der Waals surface area contributed by atoms with Gasteiger partial charge in [0.15, 0.2) is 0 Å². The van der Waals surface area contributed by atoms with Crippen molar-refractivity contribution in [1.29, 1.82) is 0 Å². The molecule has 336 valence electrons. The molecule has 2 aromatic carbocycles. The van der Waals surface area contributed by atoms with E-state index in [-0.39, 0.29) is 61.8 Å². The summed E-state index contributed by atoms with van der Waals surface area (Å²) in [7, 11) is 1.67. The Morgan fingerprint density at radius 3 is 1.93 bits per heavy atom. The van der Waals surface area contributed by atoms with Gasteiger partial charge < -0.3 is 46.9 Å². The maximum absolute atomic E-state index is 13.5. The Bertz CT molecular complexity index is 1530. The van der Waals surface area contributed by atoms with Crippen LogP contribution < -0.4 is 27.4 Å². The zero-order valence-corrected chi connectivity index (χ0v) is 37.1. The molecule has 4 atom stereocenters. The topological polar surface area (TPSA) is 227 Å². The number of primary amides is 1. The number of nitrogens with two attached hydrogens (primary N) is 2. The van der Waals surface area contributed by atoms with Gasteiger partial charge in [-0.15, -0.1) is 0 Å². The van der Waals surface area contributed by atoms with Crippen LogP contribution in [0.15, 0.2) is 60.7 Å². The van der Waals surface area contributed by atoms with Crippen molar-refractivity contribution in [1.82, 2.24) is 25.3 Å². The number of hydrogen-bond donors (Lipinski definition) is 5. The fourth-order valence-electron chi connectivity index (χ4n) is 6.38. The maximum atomic E-state index is 13.5. The molecule has 0 saturated carbocycles. The van der Waals surface area contributed by atoms with Crippen molar-refractivity contribution in [3.05, 3.63) is 66.2 Å². The molecule has 3 aliphatic heterocycles. The number of carbonyl (C=O) groups is 7. The fourth-order valence-corrected chi connectivity index (χ4v) is 6.38. The van der Waals surface area contributed by atoms with Gasteiger partial charge in [-0.1, -0.05) is 81.8 Å². The summed E-state index contributed by atoms with van der Waals surface area (Å²) in [4.78, 5) is 86.5. The quantitative estimate of drug-likeness (QED) is 0.155. The van der Waals surface area contributed by atoms with E-state index in [0.29, 0.717) is 45.2 Å². The molecule has 6 amide bonds. The summed E-state index contributed by atoms with van der Waals surface area (Å²) in [6.07, 6.45) is 5.09. The molecule has 5 rings (SSSR count). The number of nitrogens with zero attached hydrogens (tertiary/aromatic N) is 3. The van der Waals surface area contributed by atoms with E-state index in [0.717, 1.165) is 24.9 Å². The molecule has 16 heteroatoms. The van der Waals surface area contributed by atoms with Crippen LogP contribution in [0.5, 0.6) is 0 Å². The lowest BCUT2D eigenvalue weighted by Crippen LogP contribution is -2.57. The molecular formula is C44H72N8O8. The van der Waals surface area contributed by atoms with Crippen LogP contribution in [0.4, 0.5) is 5.69 Å². The standard InChI is InChI=1S/C23H37N5O6.C7H7NO.C7H8.C3H8N2O.2C2H6/c1-15(2)25-21(31)17-6-3-4-10-27(17)22(32)19-12-16(24)13-28(19)20(30)8-11-34-23(33)18-7-5-9-26(18)14-29;9-6-8-7-4-2-1-3-5-7;1-7-5-3-2-4-6-7;1-5-2-3(4)6;2*1-2/h14-19H,3-13,24H2,1-2H3,(H,25,31);1-6H,(H,8,9);2-6H,1H3;5H,2H2,1H3,(H2,4,6);2*1-2H3. The second-order valence-corrected chi connectivity index (χ2v) is 14.0. The Kier molecular flexibility index (Phi) is 29.6. The number of para-hydroxylation sites is 1. The van der Waals surface area contributed by atoms with E-state index in [4.69, 9.17) is 16.2 Å². The summed E-state index contributed by atoms with van der Waals surface area (Å²) in [6, 6.07) is 17.3. The average molecular weight is 841 g/mol. The number of likely N-dealkylation sites (tertiary alicyclic amines) is 3. The summed E-state index contributed by atoms with van der Waals surface area (Å²) in [6.45, 7) is 15.2. The van der Waals surface area contributed by atoms with Gasteiger partial charge in [-0.2, -0.15) is 0 Å². The van der Waals surface area contributed by atoms with Gasteiger partial charge in [0.25, 0.3) is 0 Å². The average Bonchev–Trinajstić information content (AvgIpc) is 3.90. The monoisotopic (exact) mass is 841 g/mol. The van der Waals surface area contributed by atoms with E-state index in [1.54, 1.807) is 11.9 Å². The summed E-state index contributed by atoms with van der Waals surface area (Å²) < 4.78 is 5.25. The third-order valence-electron chi connectivity index (χ3n) is 9.01. The number of rotatable bonds is 12. The zero-order chi connectivity index (χ0) is 45.5. The number of esters is 1. The van der Waals surface area contributed by atoms with Crippen LogP contribution in [0.1, 0.15) is 92.1 Å². The number of piperidine rings is 1. The van der Waals surface area contributed by atoms with Gasteiger partial charge in [-0.25, -0.2) is 4.79 Å². The predicted octanol–water partition coefficient (Wildman–Crippen LogP) is 3.37. The Morgan fingerprint density at radius 2 is 1.43 bits per heavy atom. The Morgan fingerprint density at radius 1 is 0.833 bits per heavy atom. The molecular weight excluding hydrogens is 769 g/mol. The van der Waals surface area contributed by atoms with Gasteiger partial charge in [-0.05, 0) is 78.5 Å². The third-order valence-corrected chi connectivity index (χ3v) is 9.01. The molecule has 0 spiro atoms. The van der Waals surface area contributed by atoms with Crippen LogP contribution >= 0.6 is 0 Å². The van der Waals surface area contributed by atoms with E-state index < -0.39 is 24.1 Å². The second-order valence-electron chi connectivity index (χ2n) is 14.0. The van der Waals surface area contributed by atoms with Gasteiger partial charge >= 0.3 is 5.97 Å². The van der Waals surface area contributed by atoms with Crippen molar-refractivity contribution < 1.29 is 38.3 Å². The lowest BCUT2D eigenvalue weighted by Gasteiger charge is -2.38. The summed E-state index contributed by atoms with van der Waals surface area (Å²) >= 11 is 0. The van der Waals surface area contributed by atoms with Crippen molar-refractivity contribution in [2.45, 2.75) is 124 Å². The maximum Gasteiger partial charge on any atom is 0.328 e. The van der Waals surface area contributed by atoms with Gasteiger partial charge in [0.05, 0.1) is 13.0 Å². The molecule has 3 fully saturated rings. The smallest absolute Gasteiger partial charge is 0.328 e.